The van der Waals surface area contributed by atoms with E-state index in [1.807, 2.05) is 6.92 Å². The number of aliphatic imine (C=N–C) groups is 1. The van der Waals surface area contributed by atoms with Crippen molar-refractivity contribution in [3.8, 4) is 0 Å². The second-order valence-electron chi connectivity index (χ2n) is 12.6. The number of amides is 4. The molecular formula is C30H38F3N5O4S. The Kier molecular flexibility index (Phi) is 8.60. The minimum absolute atomic E-state index is 0.0552. The molecule has 5 rings (SSSR count). The Morgan fingerprint density at radius 2 is 1.77 bits per heavy atom. The Bertz CT molecular complexity index is 1380. The molecule has 9 nitrogen and oxygen atoms in total. The lowest BCUT2D eigenvalue weighted by atomic mass is 9.79. The number of benzene rings is 1. The summed E-state index contributed by atoms with van der Waals surface area (Å²) >= 11 is 0. The molecule has 3 aliphatic heterocycles. The summed E-state index contributed by atoms with van der Waals surface area (Å²) in [5, 5.41) is 7.22. The number of halogens is 3. The highest BCUT2D eigenvalue weighted by Crippen LogP contribution is 2.38. The Hall–Kier alpha value is -3.06. The third kappa shape index (κ3) is 6.72. The summed E-state index contributed by atoms with van der Waals surface area (Å²) in [6.45, 7) is 6.00. The highest BCUT2D eigenvalue weighted by atomic mass is 32.2. The van der Waals surface area contributed by atoms with Gasteiger partial charge in [0.15, 0.2) is 0 Å². The third-order valence-corrected chi connectivity index (χ3v) is 10.4. The molecule has 4 amide bonds. The molecule has 3 fully saturated rings. The first-order valence-corrected chi connectivity index (χ1v) is 15.9. The molecule has 1 saturated carbocycles. The van der Waals surface area contributed by atoms with Gasteiger partial charge < -0.3 is 10.6 Å². The maximum atomic E-state index is 13.1. The number of imide groups is 1. The van der Waals surface area contributed by atoms with E-state index in [-0.39, 0.29) is 30.1 Å². The smallest absolute Gasteiger partial charge is 0.323 e. The lowest BCUT2D eigenvalue weighted by Crippen LogP contribution is -2.49. The predicted molar refractivity (Wildman–Crippen MR) is 158 cm³/mol. The number of urea groups is 1. The van der Waals surface area contributed by atoms with E-state index in [4.69, 9.17) is 4.99 Å². The number of aryl methyl sites for hydroxylation is 1. The Morgan fingerprint density at radius 3 is 2.35 bits per heavy atom. The van der Waals surface area contributed by atoms with Crippen molar-refractivity contribution in [3.63, 3.8) is 0 Å². The molecule has 1 spiro atoms. The fraction of sp³-hybridized carbons (Fsp3) is 0.600. The van der Waals surface area contributed by atoms with Crippen molar-refractivity contribution in [3.05, 3.63) is 34.7 Å². The molecule has 43 heavy (non-hydrogen) atoms. The monoisotopic (exact) mass is 621 g/mol. The first kappa shape index (κ1) is 31.4. The van der Waals surface area contributed by atoms with Crippen LogP contribution in [0.1, 0.15) is 76.3 Å². The van der Waals surface area contributed by atoms with E-state index in [2.05, 4.69) is 10.6 Å². The average Bonchev–Trinajstić information content (AvgIpc) is 3.37. The zero-order valence-corrected chi connectivity index (χ0v) is 25.4. The number of alkyl halides is 3. The van der Waals surface area contributed by atoms with Gasteiger partial charge in [0.1, 0.15) is 27.9 Å². The third-order valence-electron chi connectivity index (χ3n) is 9.11. The van der Waals surface area contributed by atoms with Gasteiger partial charge in [0.05, 0.1) is 5.69 Å². The minimum Gasteiger partial charge on any atom is -0.323 e. The van der Waals surface area contributed by atoms with Crippen LogP contribution in [-0.4, -0.2) is 62.5 Å². The van der Waals surface area contributed by atoms with Gasteiger partial charge in [-0.1, -0.05) is 6.07 Å². The molecule has 2 N–H and O–H groups in total. The molecule has 1 aromatic carbocycles. The average molecular weight is 622 g/mol. The van der Waals surface area contributed by atoms with Crippen LogP contribution in [0.25, 0.3) is 6.08 Å². The molecule has 0 bridgehead atoms. The standard InChI is InChI=1S/C30H38F3N5O4S/c1-19-18-23(38-26(40)28(2,3)36-27(38)41)9-8-21(19)11-17-43(42)37-15-13-29(14-16-37)25(39)34-24(35-29)22-6-4-20(5-7-22)10-12-30(31,32)33/h8-9,11,17-18,20,22H,4-7,10,12-16H2,1-3H3,(H,36,41)(H,34,35,39)/b17-11+. The number of hydrogen-bond acceptors (Lipinski definition) is 5. The zero-order valence-electron chi connectivity index (χ0n) is 24.6. The van der Waals surface area contributed by atoms with Gasteiger partial charge in [-0.15, -0.1) is 0 Å². The van der Waals surface area contributed by atoms with E-state index in [9.17, 15) is 31.8 Å². The predicted octanol–water partition coefficient (Wildman–Crippen LogP) is 4.98. The van der Waals surface area contributed by atoms with Crippen LogP contribution in [0.2, 0.25) is 0 Å². The molecule has 2 saturated heterocycles. The summed E-state index contributed by atoms with van der Waals surface area (Å²) in [6, 6.07) is 4.73. The van der Waals surface area contributed by atoms with Crippen molar-refractivity contribution in [2.45, 2.75) is 89.4 Å². The van der Waals surface area contributed by atoms with Crippen LogP contribution in [0.5, 0.6) is 0 Å². The summed E-state index contributed by atoms with van der Waals surface area (Å²) in [5.74, 6) is 0.292. The van der Waals surface area contributed by atoms with E-state index in [1.165, 1.54) is 0 Å². The van der Waals surface area contributed by atoms with Gasteiger partial charge in [-0.2, -0.15) is 13.2 Å². The van der Waals surface area contributed by atoms with Crippen molar-refractivity contribution in [1.82, 2.24) is 14.9 Å². The summed E-state index contributed by atoms with van der Waals surface area (Å²) in [4.78, 5) is 43.9. The first-order chi connectivity index (χ1) is 20.2. The molecule has 0 radical (unpaired) electrons. The second kappa shape index (κ2) is 11.8. The van der Waals surface area contributed by atoms with Crippen LogP contribution < -0.4 is 15.5 Å². The highest BCUT2D eigenvalue weighted by molar-refractivity contribution is 7.85. The van der Waals surface area contributed by atoms with Crippen LogP contribution in [0.4, 0.5) is 23.7 Å². The highest BCUT2D eigenvalue weighted by Gasteiger charge is 2.48. The van der Waals surface area contributed by atoms with Crippen molar-refractivity contribution >= 4 is 46.4 Å². The van der Waals surface area contributed by atoms with Crippen LogP contribution in [0.3, 0.4) is 0 Å². The van der Waals surface area contributed by atoms with Gasteiger partial charge in [-0.25, -0.2) is 18.2 Å². The molecule has 1 unspecified atom stereocenters. The van der Waals surface area contributed by atoms with Crippen molar-refractivity contribution in [1.29, 1.82) is 0 Å². The molecule has 13 heteroatoms. The largest absolute Gasteiger partial charge is 0.389 e. The SMILES string of the molecule is Cc1cc(N2C(=O)NC(C)(C)C2=O)ccc1/C=C/S(=O)N1CCC2(CC1)N=C(C1CCC(CCC(F)(F)F)CC1)NC2=O. The van der Waals surface area contributed by atoms with E-state index in [1.54, 1.807) is 47.8 Å². The summed E-state index contributed by atoms with van der Waals surface area (Å²) in [5.41, 5.74) is 0.227. The van der Waals surface area contributed by atoms with Crippen molar-refractivity contribution in [2.75, 3.05) is 18.0 Å². The first-order valence-electron chi connectivity index (χ1n) is 14.8. The van der Waals surface area contributed by atoms with Crippen molar-refractivity contribution < 1.29 is 31.8 Å². The van der Waals surface area contributed by atoms with Crippen LogP contribution >= 0.6 is 0 Å². The van der Waals surface area contributed by atoms with E-state index in [0.717, 1.165) is 28.9 Å². The number of anilines is 1. The van der Waals surface area contributed by atoms with Crippen LogP contribution in [0, 0.1) is 18.8 Å². The second-order valence-corrected chi connectivity index (χ2v) is 13.9. The van der Waals surface area contributed by atoms with Crippen LogP contribution in [0.15, 0.2) is 28.6 Å². The van der Waals surface area contributed by atoms with Gasteiger partial charge >= 0.3 is 12.2 Å². The number of carbonyl (C=O) groups is 3. The van der Waals surface area contributed by atoms with Gasteiger partial charge in [0.25, 0.3) is 11.8 Å². The molecule has 1 atom stereocenters. The van der Waals surface area contributed by atoms with Crippen LogP contribution in [-0.2, 0) is 20.6 Å². The molecular weight excluding hydrogens is 583 g/mol. The molecule has 1 aliphatic carbocycles. The number of piperidine rings is 1. The number of nitrogens with zero attached hydrogens (tertiary/aromatic N) is 3. The molecule has 4 aliphatic rings. The fourth-order valence-corrected chi connectivity index (χ4v) is 7.37. The van der Waals surface area contributed by atoms with E-state index in [0.29, 0.717) is 50.3 Å². The number of nitrogens with one attached hydrogen (secondary N) is 2. The lowest BCUT2D eigenvalue weighted by Gasteiger charge is -2.34. The molecule has 3 heterocycles. The number of amidine groups is 1. The topological polar surface area (TPSA) is 111 Å². The Labute approximate surface area is 251 Å². The molecule has 234 valence electrons. The van der Waals surface area contributed by atoms with Gasteiger partial charge in [0.2, 0.25) is 0 Å². The minimum atomic E-state index is -4.12. The molecule has 1 aromatic rings. The normalized spacial score (nSPS) is 26.6. The Balaban J connectivity index is 1.15. The summed E-state index contributed by atoms with van der Waals surface area (Å²) in [6.07, 6.45) is 0.735. The Morgan fingerprint density at radius 1 is 1.09 bits per heavy atom. The maximum absolute atomic E-state index is 13.1. The number of carbonyl (C=O) groups excluding carboxylic acids is 3. The summed E-state index contributed by atoms with van der Waals surface area (Å²) in [7, 11) is -1.43. The maximum Gasteiger partial charge on any atom is 0.389 e. The number of hydrogen-bond donors (Lipinski definition) is 2. The summed E-state index contributed by atoms with van der Waals surface area (Å²) < 4.78 is 52.6. The number of rotatable bonds is 7. The fourth-order valence-electron chi connectivity index (χ4n) is 6.39. The quantitative estimate of drug-likeness (QED) is 0.419. The van der Waals surface area contributed by atoms with Crippen molar-refractivity contribution in [2.24, 2.45) is 16.8 Å². The zero-order chi connectivity index (χ0) is 31.2. The van der Waals surface area contributed by atoms with E-state index >= 15 is 0 Å². The van der Waals surface area contributed by atoms with Gasteiger partial charge in [-0.3, -0.25) is 14.6 Å². The van der Waals surface area contributed by atoms with E-state index < -0.39 is 40.7 Å². The van der Waals surface area contributed by atoms with Gasteiger partial charge in [-0.05, 0) is 101 Å². The molecule has 0 aromatic heterocycles. The van der Waals surface area contributed by atoms with Gasteiger partial charge in [0, 0.05) is 30.8 Å². The lowest BCUT2D eigenvalue weighted by molar-refractivity contribution is -0.138.